The summed E-state index contributed by atoms with van der Waals surface area (Å²) in [5.74, 6) is 2.79. The van der Waals surface area contributed by atoms with Crippen molar-refractivity contribution in [3.63, 3.8) is 0 Å². The third kappa shape index (κ3) is 2.73. The van der Waals surface area contributed by atoms with E-state index in [1.807, 2.05) is 18.4 Å². The smallest absolute Gasteiger partial charge is 0.152 e. The summed E-state index contributed by atoms with van der Waals surface area (Å²) in [6.45, 7) is 5.45. The van der Waals surface area contributed by atoms with Crippen LogP contribution in [0.15, 0.2) is 12.4 Å². The van der Waals surface area contributed by atoms with Gasteiger partial charge in [-0.25, -0.2) is 9.97 Å². The molecule has 2 aromatic rings. The van der Waals surface area contributed by atoms with Crippen molar-refractivity contribution in [2.45, 2.75) is 33.4 Å². The van der Waals surface area contributed by atoms with E-state index in [4.69, 9.17) is 5.73 Å². The summed E-state index contributed by atoms with van der Waals surface area (Å²) in [6.07, 6.45) is 2.47. The van der Waals surface area contributed by atoms with E-state index in [-0.39, 0.29) is 0 Å². The number of nitrogens with one attached hydrogen (secondary N) is 1. The molecule has 0 aliphatic rings. The van der Waals surface area contributed by atoms with E-state index in [9.17, 15) is 0 Å². The van der Waals surface area contributed by atoms with Crippen molar-refractivity contribution >= 4 is 11.6 Å². The first-order chi connectivity index (χ1) is 8.72. The Morgan fingerprint density at radius 2 is 2.17 bits per heavy atom. The second kappa shape index (κ2) is 5.44. The molecule has 7 nitrogen and oxygen atoms in total. The zero-order valence-electron chi connectivity index (χ0n) is 10.6. The zero-order chi connectivity index (χ0) is 13.0. The minimum absolute atomic E-state index is 0.473. The minimum Gasteiger partial charge on any atom is -0.384 e. The number of aromatic nitrogens is 5. The van der Waals surface area contributed by atoms with Crippen LogP contribution in [0.5, 0.6) is 0 Å². The normalized spacial score (nSPS) is 10.6. The van der Waals surface area contributed by atoms with Gasteiger partial charge in [0.15, 0.2) is 5.82 Å². The first-order valence-corrected chi connectivity index (χ1v) is 5.97. The summed E-state index contributed by atoms with van der Waals surface area (Å²) in [5.41, 5.74) is 5.72. The van der Waals surface area contributed by atoms with Gasteiger partial charge in [-0.3, -0.25) is 0 Å². The molecule has 0 amide bonds. The molecule has 0 fully saturated rings. The molecule has 0 unspecified atom stereocenters. The Kier molecular flexibility index (Phi) is 3.71. The molecule has 2 aromatic heterocycles. The van der Waals surface area contributed by atoms with Gasteiger partial charge in [0.1, 0.15) is 23.8 Å². The Morgan fingerprint density at radius 1 is 1.33 bits per heavy atom. The number of hydrogen-bond donors (Lipinski definition) is 2. The lowest BCUT2D eigenvalue weighted by molar-refractivity contribution is 0.707. The van der Waals surface area contributed by atoms with Gasteiger partial charge in [0.2, 0.25) is 0 Å². The lowest BCUT2D eigenvalue weighted by Crippen LogP contribution is -2.10. The van der Waals surface area contributed by atoms with Gasteiger partial charge in [-0.05, 0) is 6.92 Å². The van der Waals surface area contributed by atoms with Crippen LogP contribution in [0.25, 0.3) is 0 Å². The standard InChI is InChI=1S/C11H17N7/c1-3-9-15-8(12)5-10(16-9)13-6-11-17-14-7-18(11)4-2/h5,7H,3-4,6H2,1-2H3,(H3,12,13,15,16). The van der Waals surface area contributed by atoms with Crippen molar-refractivity contribution in [2.75, 3.05) is 11.1 Å². The molecule has 18 heavy (non-hydrogen) atoms. The molecular weight excluding hydrogens is 230 g/mol. The number of hydrogen-bond acceptors (Lipinski definition) is 6. The maximum Gasteiger partial charge on any atom is 0.152 e. The third-order valence-electron chi connectivity index (χ3n) is 2.57. The molecular formula is C11H17N7. The number of rotatable bonds is 5. The summed E-state index contributed by atoms with van der Waals surface area (Å²) in [7, 11) is 0. The maximum absolute atomic E-state index is 5.72. The van der Waals surface area contributed by atoms with E-state index in [0.717, 1.165) is 24.6 Å². The van der Waals surface area contributed by atoms with Crippen LogP contribution < -0.4 is 11.1 Å². The number of nitrogens with zero attached hydrogens (tertiary/aromatic N) is 5. The Hall–Kier alpha value is -2.18. The highest BCUT2D eigenvalue weighted by Crippen LogP contribution is 2.10. The van der Waals surface area contributed by atoms with Crippen LogP contribution in [0.2, 0.25) is 0 Å². The van der Waals surface area contributed by atoms with Gasteiger partial charge < -0.3 is 15.6 Å². The molecule has 7 heteroatoms. The molecule has 0 aliphatic carbocycles. The van der Waals surface area contributed by atoms with Crippen molar-refractivity contribution in [1.29, 1.82) is 0 Å². The lowest BCUT2D eigenvalue weighted by atomic mass is 10.4. The van der Waals surface area contributed by atoms with E-state index in [2.05, 4.69) is 25.5 Å². The third-order valence-corrected chi connectivity index (χ3v) is 2.57. The average Bonchev–Trinajstić information content (AvgIpc) is 2.83. The van der Waals surface area contributed by atoms with Crippen LogP contribution in [0, 0.1) is 0 Å². The largest absolute Gasteiger partial charge is 0.384 e. The monoisotopic (exact) mass is 247 g/mol. The highest BCUT2D eigenvalue weighted by molar-refractivity contribution is 5.44. The summed E-state index contributed by atoms with van der Waals surface area (Å²) in [4.78, 5) is 8.47. The number of nitrogens with two attached hydrogens (primary N) is 1. The van der Waals surface area contributed by atoms with E-state index in [1.54, 1.807) is 12.4 Å². The number of nitrogen functional groups attached to an aromatic ring is 1. The summed E-state index contributed by atoms with van der Waals surface area (Å²) >= 11 is 0. The molecule has 0 aromatic carbocycles. The SMILES string of the molecule is CCc1nc(N)cc(NCc2nncn2CC)n1. The molecule has 2 rings (SSSR count). The van der Waals surface area contributed by atoms with Gasteiger partial charge in [-0.1, -0.05) is 6.92 Å². The predicted octanol–water partition coefficient (Wildman–Crippen LogP) is 0.845. The minimum atomic E-state index is 0.473. The van der Waals surface area contributed by atoms with Crippen molar-refractivity contribution < 1.29 is 0 Å². The molecule has 0 bridgehead atoms. The molecule has 2 heterocycles. The first-order valence-electron chi connectivity index (χ1n) is 5.97. The van der Waals surface area contributed by atoms with Crippen LogP contribution in [-0.4, -0.2) is 24.7 Å². The summed E-state index contributed by atoms with van der Waals surface area (Å²) in [5, 5.41) is 11.1. The molecule has 0 aliphatic heterocycles. The highest BCUT2D eigenvalue weighted by Gasteiger charge is 2.04. The summed E-state index contributed by atoms with van der Waals surface area (Å²) < 4.78 is 1.97. The summed E-state index contributed by atoms with van der Waals surface area (Å²) in [6, 6.07) is 1.71. The van der Waals surface area contributed by atoms with Gasteiger partial charge in [0.25, 0.3) is 0 Å². The Bertz CT molecular complexity index is 520. The Morgan fingerprint density at radius 3 is 2.89 bits per heavy atom. The van der Waals surface area contributed by atoms with Gasteiger partial charge in [-0.2, -0.15) is 0 Å². The van der Waals surface area contributed by atoms with Crippen LogP contribution in [0.3, 0.4) is 0 Å². The fourth-order valence-corrected chi connectivity index (χ4v) is 1.62. The molecule has 3 N–H and O–H groups in total. The van der Waals surface area contributed by atoms with Gasteiger partial charge in [0.05, 0.1) is 6.54 Å². The molecule has 0 radical (unpaired) electrons. The average molecular weight is 247 g/mol. The molecule has 0 atom stereocenters. The van der Waals surface area contributed by atoms with Gasteiger partial charge >= 0.3 is 0 Å². The number of anilines is 2. The van der Waals surface area contributed by atoms with Crippen molar-refractivity contribution in [3.05, 3.63) is 24.0 Å². The zero-order valence-corrected chi connectivity index (χ0v) is 10.6. The lowest BCUT2D eigenvalue weighted by Gasteiger charge is -2.08. The van der Waals surface area contributed by atoms with Gasteiger partial charge in [0, 0.05) is 19.0 Å². The van der Waals surface area contributed by atoms with E-state index in [1.165, 1.54) is 0 Å². The fourth-order valence-electron chi connectivity index (χ4n) is 1.62. The first kappa shape index (κ1) is 12.3. The van der Waals surface area contributed by atoms with Crippen molar-refractivity contribution in [2.24, 2.45) is 0 Å². The Labute approximate surface area is 105 Å². The second-order valence-corrected chi connectivity index (χ2v) is 3.83. The molecule has 0 saturated heterocycles. The quantitative estimate of drug-likeness (QED) is 0.813. The van der Waals surface area contributed by atoms with Crippen molar-refractivity contribution in [3.8, 4) is 0 Å². The number of aryl methyl sites for hydroxylation is 2. The predicted molar refractivity (Wildman–Crippen MR) is 68.8 cm³/mol. The van der Waals surface area contributed by atoms with Gasteiger partial charge in [-0.15, -0.1) is 10.2 Å². The van der Waals surface area contributed by atoms with Crippen LogP contribution in [0.4, 0.5) is 11.6 Å². The molecule has 96 valence electrons. The van der Waals surface area contributed by atoms with Crippen LogP contribution in [0.1, 0.15) is 25.5 Å². The van der Waals surface area contributed by atoms with Crippen LogP contribution >= 0.6 is 0 Å². The molecule has 0 saturated carbocycles. The van der Waals surface area contributed by atoms with Crippen molar-refractivity contribution in [1.82, 2.24) is 24.7 Å². The van der Waals surface area contributed by atoms with E-state index < -0.39 is 0 Å². The Balaban J connectivity index is 2.08. The molecule has 0 spiro atoms. The topological polar surface area (TPSA) is 94.5 Å². The second-order valence-electron chi connectivity index (χ2n) is 3.83. The fraction of sp³-hybridized carbons (Fsp3) is 0.455. The van der Waals surface area contributed by atoms with E-state index >= 15 is 0 Å². The maximum atomic E-state index is 5.72. The highest BCUT2D eigenvalue weighted by atomic mass is 15.3. The van der Waals surface area contributed by atoms with E-state index in [0.29, 0.717) is 18.2 Å². The van der Waals surface area contributed by atoms with Crippen LogP contribution in [-0.2, 0) is 19.5 Å².